The van der Waals surface area contributed by atoms with Gasteiger partial charge in [0.05, 0.1) is 22.0 Å². The number of carbonyl (C=O) groups is 1. The fourth-order valence-electron chi connectivity index (χ4n) is 7.80. The van der Waals surface area contributed by atoms with Gasteiger partial charge >= 0.3 is 0 Å². The molecule has 194 valence electrons. The molecule has 37 heavy (non-hydrogen) atoms. The SMILES string of the molecule is Cc1c(C(=O)NCCCC2C3CC4CC(C3)CC2C4)cn(-c2ccc(Cl)cc2Cl)c1-c1ccc(Cl)cc1. The molecule has 0 atom stereocenters. The maximum absolute atomic E-state index is 13.4. The highest BCUT2D eigenvalue weighted by molar-refractivity contribution is 6.35. The van der Waals surface area contributed by atoms with E-state index < -0.39 is 0 Å². The molecule has 4 aliphatic carbocycles. The molecule has 4 fully saturated rings. The van der Waals surface area contributed by atoms with Gasteiger partial charge < -0.3 is 9.88 Å². The topological polar surface area (TPSA) is 34.0 Å². The lowest BCUT2D eigenvalue weighted by atomic mass is 9.51. The molecule has 2 aromatic carbocycles. The molecule has 0 aliphatic heterocycles. The molecule has 4 aliphatic rings. The van der Waals surface area contributed by atoms with Crippen LogP contribution in [0.1, 0.15) is 60.9 Å². The summed E-state index contributed by atoms with van der Waals surface area (Å²) < 4.78 is 1.99. The molecule has 0 unspecified atom stereocenters. The number of nitrogens with one attached hydrogen (secondary N) is 1. The van der Waals surface area contributed by atoms with Crippen LogP contribution in [0.3, 0.4) is 0 Å². The average Bonchev–Trinajstić information content (AvgIpc) is 3.20. The highest BCUT2D eigenvalue weighted by atomic mass is 35.5. The van der Waals surface area contributed by atoms with Crippen molar-refractivity contribution in [1.29, 1.82) is 0 Å². The first-order chi connectivity index (χ1) is 17.9. The van der Waals surface area contributed by atoms with Crippen molar-refractivity contribution in [3.8, 4) is 16.9 Å². The number of benzene rings is 2. The molecule has 0 radical (unpaired) electrons. The first-order valence-electron chi connectivity index (χ1n) is 13.6. The van der Waals surface area contributed by atoms with Crippen molar-refractivity contribution in [2.24, 2.45) is 29.6 Å². The maximum Gasteiger partial charge on any atom is 0.253 e. The normalized spacial score (nSPS) is 26.0. The van der Waals surface area contributed by atoms with E-state index in [2.05, 4.69) is 5.32 Å². The molecule has 0 saturated heterocycles. The summed E-state index contributed by atoms with van der Waals surface area (Å²) in [6.45, 7) is 2.71. The second-order valence-corrected chi connectivity index (χ2v) is 12.8. The summed E-state index contributed by atoms with van der Waals surface area (Å²) in [7, 11) is 0. The number of hydrogen-bond acceptors (Lipinski definition) is 1. The van der Waals surface area contributed by atoms with E-state index in [4.69, 9.17) is 34.8 Å². The van der Waals surface area contributed by atoms with E-state index >= 15 is 0 Å². The molecule has 1 N–H and O–H groups in total. The van der Waals surface area contributed by atoms with E-state index in [1.165, 1.54) is 38.5 Å². The second-order valence-electron chi connectivity index (χ2n) is 11.5. The zero-order chi connectivity index (χ0) is 25.7. The van der Waals surface area contributed by atoms with Gasteiger partial charge in [-0.25, -0.2) is 0 Å². The molecular formula is C31H33Cl3N2O. The number of rotatable bonds is 7. The molecule has 1 heterocycles. The van der Waals surface area contributed by atoms with Crippen molar-refractivity contribution < 1.29 is 4.79 Å². The smallest absolute Gasteiger partial charge is 0.253 e. The zero-order valence-electron chi connectivity index (χ0n) is 21.2. The highest BCUT2D eigenvalue weighted by Crippen LogP contribution is 2.57. The van der Waals surface area contributed by atoms with E-state index in [1.54, 1.807) is 6.07 Å². The lowest BCUT2D eigenvalue weighted by molar-refractivity contribution is -0.0401. The largest absolute Gasteiger partial charge is 0.352 e. The zero-order valence-corrected chi connectivity index (χ0v) is 23.4. The summed E-state index contributed by atoms with van der Waals surface area (Å²) in [6, 6.07) is 13.1. The first kappa shape index (κ1) is 25.3. The quantitative estimate of drug-likeness (QED) is 0.290. The summed E-state index contributed by atoms with van der Waals surface area (Å²) in [4.78, 5) is 13.4. The second kappa shape index (κ2) is 10.3. The number of halogens is 3. The minimum atomic E-state index is -0.0402. The third-order valence-electron chi connectivity index (χ3n) is 9.21. The molecule has 1 amide bonds. The number of hydrogen-bond donors (Lipinski definition) is 1. The number of aromatic nitrogens is 1. The number of carbonyl (C=O) groups excluding carboxylic acids is 1. The Morgan fingerprint density at radius 3 is 2.22 bits per heavy atom. The van der Waals surface area contributed by atoms with E-state index in [9.17, 15) is 4.79 Å². The van der Waals surface area contributed by atoms with Gasteiger partial charge in [-0.05, 0) is 123 Å². The summed E-state index contributed by atoms with van der Waals surface area (Å²) in [5.41, 5.74) is 4.23. The van der Waals surface area contributed by atoms with Crippen LogP contribution in [-0.2, 0) is 0 Å². The summed E-state index contributed by atoms with van der Waals surface area (Å²) >= 11 is 18.9. The Balaban J connectivity index is 1.19. The van der Waals surface area contributed by atoms with Crippen LogP contribution in [0.2, 0.25) is 15.1 Å². The van der Waals surface area contributed by atoms with Gasteiger partial charge in [0.25, 0.3) is 5.91 Å². The van der Waals surface area contributed by atoms with Gasteiger partial charge in [0.2, 0.25) is 0 Å². The van der Waals surface area contributed by atoms with Crippen LogP contribution in [0.4, 0.5) is 0 Å². The van der Waals surface area contributed by atoms with Crippen molar-refractivity contribution in [1.82, 2.24) is 9.88 Å². The minimum absolute atomic E-state index is 0.0402. The van der Waals surface area contributed by atoms with Crippen LogP contribution in [0.5, 0.6) is 0 Å². The van der Waals surface area contributed by atoms with Gasteiger partial charge in [-0.15, -0.1) is 0 Å². The standard InChI is InChI=1S/C31H33Cl3N2O/c1-18-27(31(37)35-10-2-3-26-22-12-19-11-20(14-22)15-23(26)13-19)17-36(29-9-8-25(33)16-28(29)34)30(18)21-4-6-24(32)7-5-21/h4-9,16-17,19-20,22-23,26H,2-3,10-15H2,1H3,(H,35,37). The molecule has 3 aromatic rings. The van der Waals surface area contributed by atoms with Crippen LogP contribution in [0.15, 0.2) is 48.7 Å². The van der Waals surface area contributed by atoms with E-state index in [-0.39, 0.29) is 5.91 Å². The minimum Gasteiger partial charge on any atom is -0.352 e. The lowest BCUT2D eigenvalue weighted by Crippen LogP contribution is -2.45. The van der Waals surface area contributed by atoms with E-state index in [0.717, 1.165) is 58.5 Å². The molecule has 1 aromatic heterocycles. The Labute approximate surface area is 234 Å². The van der Waals surface area contributed by atoms with Crippen LogP contribution in [0.25, 0.3) is 16.9 Å². The van der Waals surface area contributed by atoms with Crippen molar-refractivity contribution >= 4 is 40.7 Å². The fourth-order valence-corrected chi connectivity index (χ4v) is 8.43. The van der Waals surface area contributed by atoms with Gasteiger partial charge in [-0.2, -0.15) is 0 Å². The Bertz CT molecular complexity index is 1280. The van der Waals surface area contributed by atoms with Crippen LogP contribution < -0.4 is 5.32 Å². The fraction of sp³-hybridized carbons (Fsp3) is 0.452. The highest BCUT2D eigenvalue weighted by Gasteiger charge is 2.47. The predicted octanol–water partition coefficient (Wildman–Crippen LogP) is 9.00. The summed E-state index contributed by atoms with van der Waals surface area (Å²) in [6.07, 6.45) is 11.5. The predicted molar refractivity (Wildman–Crippen MR) is 153 cm³/mol. The third-order valence-corrected chi connectivity index (χ3v) is 10.0. The van der Waals surface area contributed by atoms with Crippen molar-refractivity contribution in [2.75, 3.05) is 6.54 Å². The van der Waals surface area contributed by atoms with Gasteiger partial charge in [-0.1, -0.05) is 46.9 Å². The molecule has 7 rings (SSSR count). The molecule has 3 nitrogen and oxygen atoms in total. The van der Waals surface area contributed by atoms with Gasteiger partial charge in [0, 0.05) is 22.8 Å². The van der Waals surface area contributed by atoms with Crippen LogP contribution in [0, 0.1) is 36.5 Å². The monoisotopic (exact) mass is 554 g/mol. The Morgan fingerprint density at radius 2 is 1.57 bits per heavy atom. The van der Waals surface area contributed by atoms with Gasteiger partial charge in [0.1, 0.15) is 0 Å². The van der Waals surface area contributed by atoms with Gasteiger partial charge in [0.15, 0.2) is 0 Å². The van der Waals surface area contributed by atoms with Crippen molar-refractivity contribution in [2.45, 2.75) is 51.9 Å². The van der Waals surface area contributed by atoms with Crippen molar-refractivity contribution in [3.05, 3.63) is 74.9 Å². The summed E-state index contributed by atoms with van der Waals surface area (Å²) in [5.74, 6) is 4.73. The molecule has 0 spiro atoms. The van der Waals surface area contributed by atoms with Gasteiger partial charge in [-0.3, -0.25) is 4.79 Å². The van der Waals surface area contributed by atoms with Crippen LogP contribution >= 0.6 is 34.8 Å². The molecule has 4 bridgehead atoms. The number of amides is 1. The Hall–Kier alpha value is -1.94. The first-order valence-corrected chi connectivity index (χ1v) is 14.7. The van der Waals surface area contributed by atoms with E-state index in [0.29, 0.717) is 27.2 Å². The number of nitrogens with zero attached hydrogens (tertiary/aromatic N) is 1. The third kappa shape index (κ3) is 4.95. The maximum atomic E-state index is 13.4. The Kier molecular flexibility index (Phi) is 7.07. The summed E-state index contributed by atoms with van der Waals surface area (Å²) in [5, 5.41) is 4.98. The molecule has 4 saturated carbocycles. The Morgan fingerprint density at radius 1 is 0.919 bits per heavy atom. The van der Waals surface area contributed by atoms with Crippen LogP contribution in [-0.4, -0.2) is 17.0 Å². The lowest BCUT2D eigenvalue weighted by Gasteiger charge is -2.54. The average molecular weight is 556 g/mol. The molecular weight excluding hydrogens is 523 g/mol. The van der Waals surface area contributed by atoms with Crippen molar-refractivity contribution in [3.63, 3.8) is 0 Å². The molecule has 6 heteroatoms. The van der Waals surface area contributed by atoms with E-state index in [1.807, 2.05) is 54.1 Å².